The third kappa shape index (κ3) is 2.47. The molecule has 0 spiro atoms. The standard InChI is InChI=1S/C10H18N2O2/c1-7(13)11-8-5-12(6-8)9(14)10(2,3)4/h8H,5-6H2,1-4H3,(H,11,13). The Labute approximate surface area is 84.7 Å². The van der Waals surface area contributed by atoms with E-state index >= 15 is 0 Å². The predicted molar refractivity (Wildman–Crippen MR) is 53.6 cm³/mol. The summed E-state index contributed by atoms with van der Waals surface area (Å²) in [5, 5.41) is 2.78. The van der Waals surface area contributed by atoms with E-state index in [1.54, 1.807) is 4.90 Å². The summed E-state index contributed by atoms with van der Waals surface area (Å²) in [6.45, 7) is 8.50. The summed E-state index contributed by atoms with van der Waals surface area (Å²) < 4.78 is 0. The van der Waals surface area contributed by atoms with Gasteiger partial charge in [0.05, 0.1) is 6.04 Å². The van der Waals surface area contributed by atoms with Crippen molar-refractivity contribution in [2.24, 2.45) is 5.41 Å². The Morgan fingerprint density at radius 2 is 1.79 bits per heavy atom. The molecule has 1 saturated heterocycles. The van der Waals surface area contributed by atoms with Crippen molar-refractivity contribution < 1.29 is 9.59 Å². The maximum absolute atomic E-state index is 11.7. The van der Waals surface area contributed by atoms with Gasteiger partial charge in [0.2, 0.25) is 11.8 Å². The van der Waals surface area contributed by atoms with Crippen LogP contribution in [-0.2, 0) is 9.59 Å². The first-order chi connectivity index (χ1) is 6.30. The zero-order valence-electron chi connectivity index (χ0n) is 9.26. The lowest BCUT2D eigenvalue weighted by atomic mass is 9.92. The van der Waals surface area contributed by atoms with Crippen LogP contribution < -0.4 is 5.32 Å². The van der Waals surface area contributed by atoms with Gasteiger partial charge in [-0.05, 0) is 0 Å². The van der Waals surface area contributed by atoms with E-state index in [0.29, 0.717) is 13.1 Å². The molecule has 0 aromatic heterocycles. The van der Waals surface area contributed by atoms with E-state index in [1.807, 2.05) is 20.8 Å². The average molecular weight is 198 g/mol. The largest absolute Gasteiger partial charge is 0.350 e. The Hall–Kier alpha value is -1.06. The molecule has 2 amide bonds. The second-order valence-corrected chi connectivity index (χ2v) is 4.86. The van der Waals surface area contributed by atoms with Crippen molar-refractivity contribution in [3.05, 3.63) is 0 Å². The lowest BCUT2D eigenvalue weighted by Gasteiger charge is -2.42. The van der Waals surface area contributed by atoms with Crippen molar-refractivity contribution in [3.8, 4) is 0 Å². The monoisotopic (exact) mass is 198 g/mol. The molecule has 4 nitrogen and oxygen atoms in total. The molecule has 1 N–H and O–H groups in total. The van der Waals surface area contributed by atoms with E-state index in [-0.39, 0.29) is 23.3 Å². The van der Waals surface area contributed by atoms with Crippen molar-refractivity contribution in [1.82, 2.24) is 10.2 Å². The van der Waals surface area contributed by atoms with Gasteiger partial charge in [0, 0.05) is 25.4 Å². The van der Waals surface area contributed by atoms with Crippen LogP contribution in [-0.4, -0.2) is 35.8 Å². The number of rotatable bonds is 1. The summed E-state index contributed by atoms with van der Waals surface area (Å²) in [5.74, 6) is 0.122. The Balaban J connectivity index is 2.35. The first kappa shape index (κ1) is 11.0. The summed E-state index contributed by atoms with van der Waals surface area (Å²) >= 11 is 0. The van der Waals surface area contributed by atoms with Gasteiger partial charge in [0.15, 0.2) is 0 Å². The van der Waals surface area contributed by atoms with E-state index < -0.39 is 0 Å². The van der Waals surface area contributed by atoms with Crippen molar-refractivity contribution >= 4 is 11.8 Å². The van der Waals surface area contributed by atoms with Gasteiger partial charge in [-0.1, -0.05) is 20.8 Å². The number of hydrogen-bond donors (Lipinski definition) is 1. The van der Waals surface area contributed by atoms with Crippen LogP contribution in [0.5, 0.6) is 0 Å². The van der Waals surface area contributed by atoms with Gasteiger partial charge in [0.25, 0.3) is 0 Å². The van der Waals surface area contributed by atoms with Crippen molar-refractivity contribution in [2.45, 2.75) is 33.7 Å². The Bertz CT molecular complexity index is 249. The molecule has 0 radical (unpaired) electrons. The van der Waals surface area contributed by atoms with Gasteiger partial charge >= 0.3 is 0 Å². The van der Waals surface area contributed by atoms with Gasteiger partial charge in [-0.15, -0.1) is 0 Å². The minimum atomic E-state index is -0.318. The molecular weight excluding hydrogens is 180 g/mol. The highest BCUT2D eigenvalue weighted by Crippen LogP contribution is 2.21. The SMILES string of the molecule is CC(=O)NC1CN(C(=O)C(C)(C)C)C1. The molecule has 4 heteroatoms. The number of carbonyl (C=O) groups is 2. The molecule has 1 rings (SSSR count). The van der Waals surface area contributed by atoms with E-state index in [1.165, 1.54) is 6.92 Å². The molecule has 80 valence electrons. The maximum Gasteiger partial charge on any atom is 0.228 e. The van der Waals surface area contributed by atoms with Crippen molar-refractivity contribution in [2.75, 3.05) is 13.1 Å². The van der Waals surface area contributed by atoms with E-state index in [0.717, 1.165) is 0 Å². The zero-order valence-corrected chi connectivity index (χ0v) is 9.26. The summed E-state index contributed by atoms with van der Waals surface area (Å²) in [7, 11) is 0. The van der Waals surface area contributed by atoms with Crippen molar-refractivity contribution in [1.29, 1.82) is 0 Å². The molecule has 0 aromatic carbocycles. The fraction of sp³-hybridized carbons (Fsp3) is 0.800. The Morgan fingerprint density at radius 1 is 1.29 bits per heavy atom. The van der Waals surface area contributed by atoms with E-state index in [9.17, 15) is 9.59 Å². The summed E-state index contributed by atoms with van der Waals surface area (Å²) in [6.07, 6.45) is 0. The van der Waals surface area contributed by atoms with Gasteiger partial charge in [-0.3, -0.25) is 9.59 Å². The van der Waals surface area contributed by atoms with Crippen LogP contribution in [0.25, 0.3) is 0 Å². The lowest BCUT2D eigenvalue weighted by Crippen LogP contribution is -2.62. The second kappa shape index (κ2) is 3.59. The molecule has 14 heavy (non-hydrogen) atoms. The van der Waals surface area contributed by atoms with Crippen LogP contribution in [0.15, 0.2) is 0 Å². The average Bonchev–Trinajstić information content (AvgIpc) is 1.92. The third-order valence-corrected chi connectivity index (χ3v) is 2.22. The highest BCUT2D eigenvalue weighted by Gasteiger charge is 2.36. The molecule has 0 aliphatic carbocycles. The van der Waals surface area contributed by atoms with Gasteiger partial charge in [-0.25, -0.2) is 0 Å². The van der Waals surface area contributed by atoms with Gasteiger partial charge in [0.1, 0.15) is 0 Å². The molecule has 0 saturated carbocycles. The van der Waals surface area contributed by atoms with E-state index in [2.05, 4.69) is 5.32 Å². The van der Waals surface area contributed by atoms with Crippen LogP contribution in [0.1, 0.15) is 27.7 Å². The number of likely N-dealkylation sites (tertiary alicyclic amines) is 1. The fourth-order valence-electron chi connectivity index (χ4n) is 1.50. The first-order valence-electron chi connectivity index (χ1n) is 4.87. The normalized spacial score (nSPS) is 17.6. The Kier molecular flexibility index (Phi) is 2.83. The summed E-state index contributed by atoms with van der Waals surface area (Å²) in [5.41, 5.74) is -0.318. The quantitative estimate of drug-likeness (QED) is 0.662. The third-order valence-electron chi connectivity index (χ3n) is 2.22. The lowest BCUT2D eigenvalue weighted by molar-refractivity contribution is -0.145. The summed E-state index contributed by atoms with van der Waals surface area (Å²) in [4.78, 5) is 24.2. The van der Waals surface area contributed by atoms with Crippen LogP contribution in [0.2, 0.25) is 0 Å². The molecule has 1 heterocycles. The smallest absolute Gasteiger partial charge is 0.228 e. The van der Waals surface area contributed by atoms with Crippen LogP contribution in [0.4, 0.5) is 0 Å². The highest BCUT2D eigenvalue weighted by molar-refractivity contribution is 5.82. The van der Waals surface area contributed by atoms with Gasteiger partial charge < -0.3 is 10.2 Å². The second-order valence-electron chi connectivity index (χ2n) is 4.86. The van der Waals surface area contributed by atoms with Gasteiger partial charge in [-0.2, -0.15) is 0 Å². The number of nitrogens with zero attached hydrogens (tertiary/aromatic N) is 1. The molecule has 0 aromatic rings. The molecule has 0 atom stereocenters. The van der Waals surface area contributed by atoms with Crippen molar-refractivity contribution in [3.63, 3.8) is 0 Å². The molecule has 0 bridgehead atoms. The number of hydrogen-bond acceptors (Lipinski definition) is 2. The minimum Gasteiger partial charge on any atom is -0.350 e. The zero-order chi connectivity index (χ0) is 10.9. The topological polar surface area (TPSA) is 49.4 Å². The molecule has 0 unspecified atom stereocenters. The fourth-order valence-corrected chi connectivity index (χ4v) is 1.50. The number of carbonyl (C=O) groups excluding carboxylic acids is 2. The number of amides is 2. The predicted octanol–water partition coefficient (Wildman–Crippen LogP) is 0.379. The minimum absolute atomic E-state index is 0.0298. The van der Waals surface area contributed by atoms with Crippen LogP contribution >= 0.6 is 0 Å². The van der Waals surface area contributed by atoms with Crippen LogP contribution in [0.3, 0.4) is 0 Å². The highest BCUT2D eigenvalue weighted by atomic mass is 16.2. The Morgan fingerprint density at radius 3 is 2.14 bits per heavy atom. The van der Waals surface area contributed by atoms with E-state index in [4.69, 9.17) is 0 Å². The molecule has 1 aliphatic heterocycles. The number of nitrogens with one attached hydrogen (secondary N) is 1. The maximum atomic E-state index is 11.7. The molecule has 1 aliphatic rings. The van der Waals surface area contributed by atoms with Crippen LogP contribution in [0, 0.1) is 5.41 Å². The molecular formula is C10H18N2O2. The summed E-state index contributed by atoms with van der Waals surface area (Å²) in [6, 6.07) is 0.152. The molecule has 1 fully saturated rings. The first-order valence-corrected chi connectivity index (χ1v) is 4.87.